The molecule has 1 aliphatic heterocycles. The second-order valence-electron chi connectivity index (χ2n) is 9.38. The van der Waals surface area contributed by atoms with Crippen molar-refractivity contribution in [3.05, 3.63) is 64.7 Å². The average Bonchev–Trinajstić information content (AvgIpc) is 3.47. The number of amides is 3. The highest BCUT2D eigenvalue weighted by Crippen LogP contribution is 2.52. The van der Waals surface area contributed by atoms with Crippen LogP contribution in [0.1, 0.15) is 17.5 Å². The van der Waals surface area contributed by atoms with Crippen molar-refractivity contribution in [3.8, 4) is 0 Å². The molecule has 1 heterocycles. The number of halogens is 1. The van der Waals surface area contributed by atoms with Crippen LogP contribution in [0.3, 0.4) is 0 Å². The van der Waals surface area contributed by atoms with Gasteiger partial charge in [-0.15, -0.1) is 0 Å². The molecule has 2 aliphatic carbocycles. The summed E-state index contributed by atoms with van der Waals surface area (Å²) in [6.07, 6.45) is 4.79. The van der Waals surface area contributed by atoms with Crippen LogP contribution in [0, 0.1) is 37.5 Å². The zero-order valence-corrected chi connectivity index (χ0v) is 20.7. The lowest BCUT2D eigenvalue weighted by molar-refractivity contribution is -0.143. The number of hydrogen-bond donors (Lipinski definition) is 2. The van der Waals surface area contributed by atoms with Gasteiger partial charge in [-0.2, -0.15) is 0 Å². The molecule has 2 N–H and O–H groups in total. The van der Waals surface area contributed by atoms with Crippen molar-refractivity contribution in [1.29, 1.82) is 0 Å². The van der Waals surface area contributed by atoms with Gasteiger partial charge in [-0.1, -0.05) is 41.4 Å². The SMILES string of the molecule is Cc1ccc(NS(=O)(=O)c2cc(NC(=O)CN3C(=O)[C@@H]4[C@@H](C3=O)[C@H]3C=C[C@@H]4C3)ccc2Cl)c(C)c1. The molecular formula is C25H24ClN3O5S. The van der Waals surface area contributed by atoms with Gasteiger partial charge in [-0.05, 0) is 61.9 Å². The van der Waals surface area contributed by atoms with Crippen LogP contribution < -0.4 is 10.0 Å². The Hall–Kier alpha value is -3.17. The van der Waals surface area contributed by atoms with E-state index in [1.165, 1.54) is 18.2 Å². The fraction of sp³-hybridized carbons (Fsp3) is 0.320. The van der Waals surface area contributed by atoms with E-state index >= 15 is 0 Å². The number of allylic oxidation sites excluding steroid dienone is 2. The second-order valence-corrected chi connectivity index (χ2v) is 11.4. The van der Waals surface area contributed by atoms with Crippen LogP contribution in [0.15, 0.2) is 53.4 Å². The lowest BCUT2D eigenvalue weighted by Crippen LogP contribution is -2.39. The summed E-state index contributed by atoms with van der Waals surface area (Å²) < 4.78 is 28.6. The summed E-state index contributed by atoms with van der Waals surface area (Å²) in [6.45, 7) is 3.28. The van der Waals surface area contributed by atoms with Gasteiger partial charge in [0.2, 0.25) is 17.7 Å². The van der Waals surface area contributed by atoms with Crippen molar-refractivity contribution in [3.63, 3.8) is 0 Å². The first-order chi connectivity index (χ1) is 16.5. The van der Waals surface area contributed by atoms with Crippen LogP contribution >= 0.6 is 11.6 Å². The number of rotatable bonds is 6. The summed E-state index contributed by atoms with van der Waals surface area (Å²) in [5, 5.41) is 2.57. The maximum atomic E-state index is 13.0. The highest BCUT2D eigenvalue weighted by Gasteiger charge is 2.59. The normalized spacial score (nSPS) is 24.7. The van der Waals surface area contributed by atoms with E-state index in [4.69, 9.17) is 11.6 Å². The lowest BCUT2D eigenvalue weighted by atomic mass is 9.85. The molecule has 2 aromatic rings. The first kappa shape index (κ1) is 23.6. The topological polar surface area (TPSA) is 113 Å². The average molecular weight is 514 g/mol. The Kier molecular flexibility index (Phi) is 5.72. The number of imide groups is 1. The summed E-state index contributed by atoms with van der Waals surface area (Å²) in [4.78, 5) is 39.1. The molecule has 182 valence electrons. The zero-order valence-electron chi connectivity index (χ0n) is 19.1. The predicted molar refractivity (Wildman–Crippen MR) is 131 cm³/mol. The molecule has 0 aromatic heterocycles. The van der Waals surface area contributed by atoms with E-state index in [1.54, 1.807) is 19.1 Å². The standard InChI is InChI=1S/C25H24ClN3O5S/c1-13-3-8-19(14(2)9-13)28-35(33,34)20-11-17(6-7-18(20)26)27-21(30)12-29-24(31)22-15-4-5-16(10-15)23(22)25(29)32/h3-9,11,15-16,22-23,28H,10,12H2,1-2H3,(H,27,30)/t15-,16+,22-,23-/m0/s1. The van der Waals surface area contributed by atoms with Crippen LogP contribution in [-0.2, 0) is 24.4 Å². The molecule has 2 fully saturated rings. The smallest absolute Gasteiger partial charge is 0.263 e. The molecule has 35 heavy (non-hydrogen) atoms. The highest BCUT2D eigenvalue weighted by molar-refractivity contribution is 7.92. The van der Waals surface area contributed by atoms with E-state index in [2.05, 4.69) is 10.0 Å². The molecule has 1 saturated carbocycles. The van der Waals surface area contributed by atoms with E-state index in [1.807, 2.05) is 25.1 Å². The number of carbonyl (C=O) groups excluding carboxylic acids is 3. The van der Waals surface area contributed by atoms with Gasteiger partial charge in [0, 0.05) is 5.69 Å². The Bertz CT molecular complexity index is 1370. The van der Waals surface area contributed by atoms with Crippen molar-refractivity contribution in [2.24, 2.45) is 23.7 Å². The monoisotopic (exact) mass is 513 g/mol. The van der Waals surface area contributed by atoms with Gasteiger partial charge in [0.05, 0.1) is 22.5 Å². The molecule has 8 nitrogen and oxygen atoms in total. The summed E-state index contributed by atoms with van der Waals surface area (Å²) in [7, 11) is -4.05. The van der Waals surface area contributed by atoms with E-state index in [-0.39, 0.29) is 51.1 Å². The van der Waals surface area contributed by atoms with Crippen molar-refractivity contribution < 1.29 is 22.8 Å². The van der Waals surface area contributed by atoms with E-state index < -0.39 is 22.5 Å². The number of anilines is 2. The summed E-state index contributed by atoms with van der Waals surface area (Å²) >= 11 is 6.18. The first-order valence-corrected chi connectivity index (χ1v) is 13.1. The van der Waals surface area contributed by atoms with Gasteiger partial charge in [-0.3, -0.25) is 24.0 Å². The molecule has 3 aliphatic rings. The van der Waals surface area contributed by atoms with Crippen molar-refractivity contribution in [2.75, 3.05) is 16.6 Å². The summed E-state index contributed by atoms with van der Waals surface area (Å²) in [5.74, 6) is -1.87. The Labute approximate surface area is 208 Å². The van der Waals surface area contributed by atoms with Gasteiger partial charge in [0.15, 0.2) is 0 Å². The molecule has 0 radical (unpaired) electrons. The van der Waals surface area contributed by atoms with Crippen molar-refractivity contribution >= 4 is 50.7 Å². The largest absolute Gasteiger partial charge is 0.324 e. The Balaban J connectivity index is 1.30. The number of nitrogens with zero attached hydrogens (tertiary/aromatic N) is 1. The molecule has 1 saturated heterocycles. The molecule has 5 rings (SSSR count). The molecule has 4 atom stereocenters. The quantitative estimate of drug-likeness (QED) is 0.453. The minimum absolute atomic E-state index is 0.0130. The molecule has 10 heteroatoms. The molecule has 3 amide bonds. The van der Waals surface area contributed by atoms with Gasteiger partial charge in [-0.25, -0.2) is 8.42 Å². The van der Waals surface area contributed by atoms with Crippen LogP contribution in [0.5, 0.6) is 0 Å². The number of sulfonamides is 1. The number of carbonyl (C=O) groups is 3. The number of likely N-dealkylation sites (tertiary alicyclic amines) is 1. The van der Waals surface area contributed by atoms with Crippen LogP contribution in [0.2, 0.25) is 5.02 Å². The Morgan fingerprint density at radius 1 is 1.03 bits per heavy atom. The number of aryl methyl sites for hydroxylation is 2. The van der Waals surface area contributed by atoms with Crippen LogP contribution in [-0.4, -0.2) is 37.6 Å². The number of fused-ring (bicyclic) bond motifs is 5. The van der Waals surface area contributed by atoms with E-state index in [9.17, 15) is 22.8 Å². The minimum Gasteiger partial charge on any atom is -0.324 e. The fourth-order valence-electron chi connectivity index (χ4n) is 5.38. The molecule has 0 unspecified atom stereocenters. The minimum atomic E-state index is -4.05. The zero-order chi connectivity index (χ0) is 25.1. The van der Waals surface area contributed by atoms with Gasteiger partial charge < -0.3 is 5.32 Å². The predicted octanol–water partition coefficient (Wildman–Crippen LogP) is 3.50. The summed E-state index contributed by atoms with van der Waals surface area (Å²) in [5.41, 5.74) is 2.35. The van der Waals surface area contributed by atoms with Crippen LogP contribution in [0.4, 0.5) is 11.4 Å². The molecule has 0 spiro atoms. The van der Waals surface area contributed by atoms with Crippen molar-refractivity contribution in [1.82, 2.24) is 4.90 Å². The number of nitrogens with one attached hydrogen (secondary N) is 2. The van der Waals surface area contributed by atoms with Crippen LogP contribution in [0.25, 0.3) is 0 Å². The maximum absolute atomic E-state index is 13.0. The molecular weight excluding hydrogens is 490 g/mol. The molecule has 2 bridgehead atoms. The van der Waals surface area contributed by atoms with Gasteiger partial charge in [0.1, 0.15) is 11.4 Å². The van der Waals surface area contributed by atoms with Gasteiger partial charge >= 0.3 is 0 Å². The fourth-order valence-corrected chi connectivity index (χ4v) is 7.04. The Morgan fingerprint density at radius 2 is 1.69 bits per heavy atom. The van der Waals surface area contributed by atoms with Crippen molar-refractivity contribution in [2.45, 2.75) is 25.2 Å². The van der Waals surface area contributed by atoms with E-state index in [0.29, 0.717) is 5.69 Å². The van der Waals surface area contributed by atoms with Gasteiger partial charge in [0.25, 0.3) is 10.0 Å². The number of benzene rings is 2. The summed E-state index contributed by atoms with van der Waals surface area (Å²) in [6, 6.07) is 9.39. The lowest BCUT2D eigenvalue weighted by Gasteiger charge is -2.17. The first-order valence-electron chi connectivity index (χ1n) is 11.3. The molecule has 2 aromatic carbocycles. The second kappa shape index (κ2) is 8.49. The highest BCUT2D eigenvalue weighted by atomic mass is 35.5. The third-order valence-electron chi connectivity index (χ3n) is 6.99. The van der Waals surface area contributed by atoms with E-state index in [0.717, 1.165) is 22.4 Å². The Morgan fingerprint density at radius 3 is 2.31 bits per heavy atom. The maximum Gasteiger partial charge on any atom is 0.263 e. The third-order valence-corrected chi connectivity index (χ3v) is 8.84. The number of hydrogen-bond acceptors (Lipinski definition) is 5. The third kappa shape index (κ3) is 4.12.